The fraction of sp³-hybridized carbons (Fsp3) is 0.545. The van der Waals surface area contributed by atoms with Crippen LogP contribution < -0.4 is 0 Å². The van der Waals surface area contributed by atoms with Crippen molar-refractivity contribution in [1.29, 1.82) is 0 Å². The molecule has 1 fully saturated rings. The van der Waals surface area contributed by atoms with Crippen molar-refractivity contribution in [3.63, 3.8) is 0 Å². The van der Waals surface area contributed by atoms with E-state index in [0.717, 1.165) is 17.1 Å². The van der Waals surface area contributed by atoms with Gasteiger partial charge in [0.1, 0.15) is 9.09 Å². The Morgan fingerprint density at radius 2 is 2.11 bits per heavy atom. The summed E-state index contributed by atoms with van der Waals surface area (Å²) in [7, 11) is -3.57. The Bertz CT molecular complexity index is 591. The smallest absolute Gasteiger partial charge is 0.345 e. The number of thiophene rings is 1. The van der Waals surface area contributed by atoms with Crippen LogP contribution in [0.15, 0.2) is 16.3 Å². The second kappa shape index (κ2) is 5.08. The quantitative estimate of drug-likeness (QED) is 0.921. The molecule has 2 heterocycles. The Morgan fingerprint density at radius 1 is 1.42 bits per heavy atom. The average Bonchev–Trinajstić information content (AvgIpc) is 2.77. The molecule has 106 valence electrons. The first-order valence-electron chi connectivity index (χ1n) is 5.70. The number of carboxylic acid groups (broad SMARTS) is 1. The summed E-state index contributed by atoms with van der Waals surface area (Å²) in [6, 6.07) is 2.71. The lowest BCUT2D eigenvalue weighted by molar-refractivity contribution is 0.0702. The summed E-state index contributed by atoms with van der Waals surface area (Å²) in [6.07, 6.45) is 0. The van der Waals surface area contributed by atoms with Crippen molar-refractivity contribution in [2.24, 2.45) is 0 Å². The molecule has 1 aromatic heterocycles. The third kappa shape index (κ3) is 3.13. The van der Waals surface area contributed by atoms with E-state index in [0.29, 0.717) is 13.1 Å². The molecular weight excluding hydrogens is 306 g/mol. The number of hydrogen-bond donors (Lipinski definition) is 1. The molecule has 1 N–H and O–H groups in total. The van der Waals surface area contributed by atoms with Crippen molar-refractivity contribution in [2.75, 3.05) is 18.8 Å². The molecule has 0 amide bonds. The van der Waals surface area contributed by atoms with Gasteiger partial charge in [0, 0.05) is 23.6 Å². The van der Waals surface area contributed by atoms with Crippen molar-refractivity contribution in [2.45, 2.75) is 22.8 Å². The van der Waals surface area contributed by atoms with E-state index in [9.17, 15) is 13.2 Å². The number of aromatic carboxylic acids is 1. The van der Waals surface area contributed by atoms with Crippen LogP contribution in [0.5, 0.6) is 0 Å². The van der Waals surface area contributed by atoms with E-state index in [4.69, 9.17) is 5.11 Å². The van der Waals surface area contributed by atoms with Crippen molar-refractivity contribution in [1.82, 2.24) is 4.31 Å². The van der Waals surface area contributed by atoms with Crippen LogP contribution in [0.1, 0.15) is 23.5 Å². The van der Waals surface area contributed by atoms with Crippen LogP contribution in [0.4, 0.5) is 0 Å². The number of rotatable bonds is 3. The third-order valence-electron chi connectivity index (χ3n) is 2.78. The Balaban J connectivity index is 2.28. The summed E-state index contributed by atoms with van der Waals surface area (Å²) < 4.78 is 26.3. The molecule has 0 radical (unpaired) electrons. The minimum Gasteiger partial charge on any atom is -0.477 e. The summed E-state index contributed by atoms with van der Waals surface area (Å²) in [5.74, 6) is -0.343. The van der Waals surface area contributed by atoms with Crippen molar-refractivity contribution >= 4 is 39.1 Å². The molecule has 1 aliphatic rings. The maximum Gasteiger partial charge on any atom is 0.345 e. The van der Waals surface area contributed by atoms with Crippen LogP contribution in [0.25, 0.3) is 0 Å². The summed E-state index contributed by atoms with van der Waals surface area (Å²) in [5, 5.41) is 8.86. The van der Waals surface area contributed by atoms with Gasteiger partial charge in [0.25, 0.3) is 10.0 Å². The molecule has 19 heavy (non-hydrogen) atoms. The number of thioether (sulfide) groups is 1. The third-order valence-corrected chi connectivity index (χ3v) is 7.46. The van der Waals surface area contributed by atoms with E-state index in [1.807, 2.05) is 13.8 Å². The van der Waals surface area contributed by atoms with E-state index >= 15 is 0 Å². The summed E-state index contributed by atoms with van der Waals surface area (Å²) in [5.41, 5.74) is 0. The molecular formula is C11H15NO4S3. The Hall–Kier alpha value is -0.570. The highest BCUT2D eigenvalue weighted by Gasteiger charge is 2.35. The Labute approximate surface area is 120 Å². The first kappa shape index (κ1) is 14.8. The largest absolute Gasteiger partial charge is 0.477 e. The molecule has 0 unspecified atom stereocenters. The molecule has 8 heteroatoms. The van der Waals surface area contributed by atoms with E-state index < -0.39 is 16.0 Å². The van der Waals surface area contributed by atoms with Crippen molar-refractivity contribution < 1.29 is 18.3 Å². The zero-order valence-electron chi connectivity index (χ0n) is 10.6. The molecule has 0 aliphatic carbocycles. The van der Waals surface area contributed by atoms with Crippen LogP contribution in [-0.2, 0) is 10.0 Å². The molecule has 1 aromatic rings. The molecule has 0 aromatic carbocycles. The van der Waals surface area contributed by atoms with E-state index in [2.05, 4.69) is 0 Å². The normalized spacial score (nSPS) is 20.3. The van der Waals surface area contributed by atoms with E-state index in [1.165, 1.54) is 16.4 Å². The topological polar surface area (TPSA) is 74.7 Å². The molecule has 0 saturated carbocycles. The predicted octanol–water partition coefficient (Wildman–Crippen LogP) is 1.96. The van der Waals surface area contributed by atoms with Gasteiger partial charge in [0.05, 0.1) is 0 Å². The standard InChI is InChI=1S/C11H15NO4S3/c1-11(2)7-12(5-6-17-11)19(15,16)9-4-3-8(18-9)10(13)14/h3-4H,5-7H2,1-2H3,(H,13,14). The predicted molar refractivity (Wildman–Crippen MR) is 76.6 cm³/mol. The first-order valence-corrected chi connectivity index (χ1v) is 8.94. The summed E-state index contributed by atoms with van der Waals surface area (Å²) in [4.78, 5) is 10.9. The molecule has 1 saturated heterocycles. The fourth-order valence-corrected chi connectivity index (χ4v) is 6.09. The average molecular weight is 321 g/mol. The van der Waals surface area contributed by atoms with Gasteiger partial charge in [-0.25, -0.2) is 13.2 Å². The van der Waals surface area contributed by atoms with E-state index in [-0.39, 0.29) is 13.8 Å². The first-order chi connectivity index (χ1) is 8.72. The molecule has 0 atom stereocenters. The van der Waals surface area contributed by atoms with Crippen molar-refractivity contribution in [3.05, 3.63) is 17.0 Å². The number of carboxylic acids is 1. The second-order valence-corrected chi connectivity index (χ2v) is 9.92. The number of carbonyl (C=O) groups is 1. The van der Waals surface area contributed by atoms with Gasteiger partial charge in [0.15, 0.2) is 0 Å². The molecule has 2 rings (SSSR count). The minimum absolute atomic E-state index is 0.0456. The summed E-state index contributed by atoms with van der Waals surface area (Å²) >= 11 is 2.55. The lowest BCUT2D eigenvalue weighted by Gasteiger charge is -2.36. The minimum atomic E-state index is -3.57. The zero-order chi connectivity index (χ0) is 14.3. The van der Waals surface area contributed by atoms with Gasteiger partial charge in [-0.3, -0.25) is 0 Å². The van der Waals surface area contributed by atoms with Gasteiger partial charge in [-0.1, -0.05) is 0 Å². The van der Waals surface area contributed by atoms with Gasteiger partial charge in [-0.05, 0) is 26.0 Å². The fourth-order valence-electron chi connectivity index (χ4n) is 1.88. The van der Waals surface area contributed by atoms with Gasteiger partial charge in [-0.2, -0.15) is 16.1 Å². The lowest BCUT2D eigenvalue weighted by atomic mass is 10.2. The highest BCUT2D eigenvalue weighted by molar-refractivity contribution is 8.00. The molecule has 0 spiro atoms. The zero-order valence-corrected chi connectivity index (χ0v) is 13.1. The monoisotopic (exact) mass is 321 g/mol. The van der Waals surface area contributed by atoms with Gasteiger partial charge < -0.3 is 5.11 Å². The highest BCUT2D eigenvalue weighted by Crippen LogP contribution is 2.34. The number of hydrogen-bond acceptors (Lipinski definition) is 5. The van der Waals surface area contributed by atoms with Gasteiger partial charge in [-0.15, -0.1) is 11.3 Å². The second-order valence-electron chi connectivity index (χ2n) is 4.87. The SMILES string of the molecule is CC1(C)CN(S(=O)(=O)c2ccc(C(=O)O)s2)CCS1. The van der Waals surface area contributed by atoms with E-state index in [1.54, 1.807) is 11.8 Å². The molecule has 0 bridgehead atoms. The maximum atomic E-state index is 12.4. The Morgan fingerprint density at radius 3 is 2.63 bits per heavy atom. The molecule has 5 nitrogen and oxygen atoms in total. The maximum absolute atomic E-state index is 12.4. The van der Waals surface area contributed by atoms with Crippen molar-refractivity contribution in [3.8, 4) is 0 Å². The molecule has 1 aliphatic heterocycles. The van der Waals surface area contributed by atoms with Crippen LogP contribution >= 0.6 is 23.1 Å². The van der Waals surface area contributed by atoms with Crippen LogP contribution in [0.2, 0.25) is 0 Å². The lowest BCUT2D eigenvalue weighted by Crippen LogP contribution is -2.45. The van der Waals surface area contributed by atoms with Crippen LogP contribution in [-0.4, -0.2) is 47.4 Å². The summed E-state index contributed by atoms with van der Waals surface area (Å²) in [6.45, 7) is 4.93. The Kier molecular flexibility index (Phi) is 3.97. The highest BCUT2D eigenvalue weighted by atomic mass is 32.2. The van der Waals surface area contributed by atoms with Gasteiger partial charge >= 0.3 is 5.97 Å². The number of sulfonamides is 1. The van der Waals surface area contributed by atoms with Gasteiger partial charge in [0.2, 0.25) is 0 Å². The number of nitrogens with zero attached hydrogens (tertiary/aromatic N) is 1. The van der Waals surface area contributed by atoms with Crippen LogP contribution in [0, 0.1) is 0 Å². The van der Waals surface area contributed by atoms with Crippen LogP contribution in [0.3, 0.4) is 0 Å².